The van der Waals surface area contributed by atoms with Gasteiger partial charge in [0.05, 0.1) is 30.4 Å². The fourth-order valence-electron chi connectivity index (χ4n) is 5.38. The SMILES string of the molecule is C[C@@H]1[C@@H](C)[C@H](OC(=O)c2ccccc2)[C@@H](OC(=O)c2ccccc2)[C@H](OCc2ccccc2)[C@H]1OCc1ccccc1. The standard InChI is InChI=1S/C36H36O6/c1-25-26(2)32(41-35(37)29-19-11-5-12-20-29)34(42-36(38)30-21-13-6-14-22-30)33(40-24-28-17-9-4-10-18-28)31(25)39-23-27-15-7-3-8-16-27/h3-22,25-26,31-34H,23-24H2,1-2H3/t25-,26-,31+,32+,33-,34-/m1/s1. The van der Waals surface area contributed by atoms with Crippen LogP contribution in [0.2, 0.25) is 0 Å². The van der Waals surface area contributed by atoms with Gasteiger partial charge in [0.2, 0.25) is 0 Å². The summed E-state index contributed by atoms with van der Waals surface area (Å²) in [7, 11) is 0. The van der Waals surface area contributed by atoms with Crippen molar-refractivity contribution >= 4 is 11.9 Å². The average molecular weight is 565 g/mol. The molecule has 6 heteroatoms. The van der Waals surface area contributed by atoms with Crippen molar-refractivity contribution in [1.82, 2.24) is 0 Å². The fourth-order valence-corrected chi connectivity index (χ4v) is 5.38. The molecular formula is C36H36O6. The molecule has 1 aliphatic rings. The third-order valence-electron chi connectivity index (χ3n) is 7.91. The van der Waals surface area contributed by atoms with E-state index in [1.165, 1.54) is 0 Å². The van der Waals surface area contributed by atoms with Gasteiger partial charge in [0, 0.05) is 5.92 Å². The van der Waals surface area contributed by atoms with Crippen LogP contribution in [0.5, 0.6) is 0 Å². The van der Waals surface area contributed by atoms with Gasteiger partial charge in [0.1, 0.15) is 12.2 Å². The lowest BCUT2D eigenvalue weighted by atomic mass is 9.73. The van der Waals surface area contributed by atoms with E-state index < -0.39 is 36.4 Å². The van der Waals surface area contributed by atoms with Gasteiger partial charge in [0.15, 0.2) is 6.10 Å². The van der Waals surface area contributed by atoms with Gasteiger partial charge in [-0.15, -0.1) is 0 Å². The Kier molecular flexibility index (Phi) is 9.80. The first kappa shape index (κ1) is 29.2. The summed E-state index contributed by atoms with van der Waals surface area (Å²) in [6.07, 6.45) is -2.83. The zero-order valence-corrected chi connectivity index (χ0v) is 23.9. The molecule has 0 aliphatic heterocycles. The Bertz CT molecular complexity index is 1410. The first-order chi connectivity index (χ1) is 20.5. The third kappa shape index (κ3) is 7.14. The molecule has 0 unspecified atom stereocenters. The Balaban J connectivity index is 1.49. The highest BCUT2D eigenvalue weighted by Crippen LogP contribution is 2.39. The Morgan fingerprint density at radius 3 is 1.29 bits per heavy atom. The normalized spacial score (nSPS) is 23.6. The predicted octanol–water partition coefficient (Wildman–Crippen LogP) is 6.89. The Hall–Kier alpha value is -4.26. The second-order valence-electron chi connectivity index (χ2n) is 10.7. The average Bonchev–Trinajstić information content (AvgIpc) is 3.05. The highest BCUT2D eigenvalue weighted by Gasteiger charge is 2.52. The van der Waals surface area contributed by atoms with E-state index in [9.17, 15) is 9.59 Å². The minimum atomic E-state index is -0.916. The summed E-state index contributed by atoms with van der Waals surface area (Å²) in [5.74, 6) is -1.29. The molecule has 42 heavy (non-hydrogen) atoms. The Morgan fingerprint density at radius 1 is 0.476 bits per heavy atom. The van der Waals surface area contributed by atoms with Crippen LogP contribution in [-0.4, -0.2) is 36.4 Å². The van der Waals surface area contributed by atoms with Gasteiger partial charge in [-0.2, -0.15) is 0 Å². The van der Waals surface area contributed by atoms with Crippen LogP contribution < -0.4 is 0 Å². The lowest BCUT2D eigenvalue weighted by Crippen LogP contribution is -2.61. The molecule has 1 aliphatic carbocycles. The van der Waals surface area contributed by atoms with E-state index >= 15 is 0 Å². The quantitative estimate of drug-likeness (QED) is 0.195. The van der Waals surface area contributed by atoms with Crippen molar-refractivity contribution < 1.29 is 28.5 Å². The molecule has 1 fully saturated rings. The number of carbonyl (C=O) groups is 2. The minimum Gasteiger partial charge on any atom is -0.454 e. The third-order valence-corrected chi connectivity index (χ3v) is 7.91. The van der Waals surface area contributed by atoms with Gasteiger partial charge >= 0.3 is 11.9 Å². The number of hydrogen-bond donors (Lipinski definition) is 0. The largest absolute Gasteiger partial charge is 0.454 e. The molecular weight excluding hydrogens is 528 g/mol. The Morgan fingerprint density at radius 2 is 0.833 bits per heavy atom. The Labute approximate surface area is 247 Å². The molecule has 0 saturated heterocycles. The van der Waals surface area contributed by atoms with Gasteiger partial charge in [-0.05, 0) is 41.3 Å². The molecule has 216 valence electrons. The lowest BCUT2D eigenvalue weighted by molar-refractivity contribution is -0.216. The van der Waals surface area contributed by atoms with Crippen LogP contribution in [0.15, 0.2) is 121 Å². The van der Waals surface area contributed by atoms with E-state index in [1.54, 1.807) is 48.5 Å². The number of hydrogen-bond acceptors (Lipinski definition) is 6. The van der Waals surface area contributed by atoms with Crippen LogP contribution >= 0.6 is 0 Å². The molecule has 0 amide bonds. The fraction of sp³-hybridized carbons (Fsp3) is 0.278. The number of ether oxygens (including phenoxy) is 4. The number of rotatable bonds is 10. The summed E-state index contributed by atoms with van der Waals surface area (Å²) >= 11 is 0. The molecule has 1 saturated carbocycles. The van der Waals surface area contributed by atoms with Crippen LogP contribution in [-0.2, 0) is 32.2 Å². The van der Waals surface area contributed by atoms with Gasteiger partial charge in [0.25, 0.3) is 0 Å². The van der Waals surface area contributed by atoms with Crippen molar-refractivity contribution in [2.24, 2.45) is 11.8 Å². The number of carbonyl (C=O) groups excluding carboxylic acids is 2. The van der Waals surface area contributed by atoms with Crippen LogP contribution in [0.3, 0.4) is 0 Å². The van der Waals surface area contributed by atoms with E-state index in [2.05, 4.69) is 6.92 Å². The van der Waals surface area contributed by atoms with E-state index in [-0.39, 0.29) is 18.4 Å². The zero-order chi connectivity index (χ0) is 29.3. The molecule has 4 aromatic rings. The van der Waals surface area contributed by atoms with Crippen LogP contribution in [0, 0.1) is 11.8 Å². The zero-order valence-electron chi connectivity index (χ0n) is 23.9. The molecule has 0 bridgehead atoms. The van der Waals surface area contributed by atoms with Gasteiger partial charge in [-0.3, -0.25) is 0 Å². The van der Waals surface area contributed by atoms with Crippen molar-refractivity contribution in [2.75, 3.05) is 0 Å². The maximum absolute atomic E-state index is 13.4. The van der Waals surface area contributed by atoms with Gasteiger partial charge in [-0.25, -0.2) is 9.59 Å². The molecule has 6 nitrogen and oxygen atoms in total. The minimum absolute atomic E-state index is 0.0882. The molecule has 0 spiro atoms. The summed E-state index contributed by atoms with van der Waals surface area (Å²) in [5.41, 5.74) is 2.82. The second-order valence-corrected chi connectivity index (χ2v) is 10.7. The van der Waals surface area contributed by atoms with Crippen molar-refractivity contribution in [3.8, 4) is 0 Å². The second kappa shape index (κ2) is 14.1. The van der Waals surface area contributed by atoms with Crippen LogP contribution in [0.4, 0.5) is 0 Å². The molecule has 5 rings (SSSR count). The number of esters is 2. The maximum atomic E-state index is 13.4. The highest BCUT2D eigenvalue weighted by atomic mass is 16.6. The molecule has 0 radical (unpaired) electrons. The first-order valence-corrected chi connectivity index (χ1v) is 14.3. The van der Waals surface area contributed by atoms with Crippen molar-refractivity contribution in [1.29, 1.82) is 0 Å². The van der Waals surface area contributed by atoms with Gasteiger partial charge in [-0.1, -0.05) is 111 Å². The first-order valence-electron chi connectivity index (χ1n) is 14.3. The number of benzene rings is 4. The van der Waals surface area contributed by atoms with E-state index in [0.29, 0.717) is 17.7 Å². The summed E-state index contributed by atoms with van der Waals surface area (Å²) in [6, 6.07) is 37.4. The lowest BCUT2D eigenvalue weighted by Gasteiger charge is -2.47. The van der Waals surface area contributed by atoms with Crippen molar-refractivity contribution in [3.63, 3.8) is 0 Å². The molecule has 0 N–H and O–H groups in total. The van der Waals surface area contributed by atoms with Crippen LogP contribution in [0.1, 0.15) is 45.7 Å². The van der Waals surface area contributed by atoms with Crippen molar-refractivity contribution in [2.45, 2.75) is 51.5 Å². The van der Waals surface area contributed by atoms with E-state index in [4.69, 9.17) is 18.9 Å². The highest BCUT2D eigenvalue weighted by molar-refractivity contribution is 5.90. The summed E-state index contributed by atoms with van der Waals surface area (Å²) in [6.45, 7) is 4.71. The van der Waals surface area contributed by atoms with Crippen molar-refractivity contribution in [3.05, 3.63) is 144 Å². The summed E-state index contributed by atoms with van der Waals surface area (Å²) in [5, 5.41) is 0. The topological polar surface area (TPSA) is 71.1 Å². The molecule has 4 aromatic carbocycles. The molecule has 6 atom stereocenters. The monoisotopic (exact) mass is 564 g/mol. The molecule has 0 aromatic heterocycles. The summed E-state index contributed by atoms with van der Waals surface area (Å²) in [4.78, 5) is 26.8. The summed E-state index contributed by atoms with van der Waals surface area (Å²) < 4.78 is 25.5. The van der Waals surface area contributed by atoms with Gasteiger partial charge < -0.3 is 18.9 Å². The van der Waals surface area contributed by atoms with E-state index in [1.807, 2.05) is 79.7 Å². The molecule has 0 heterocycles. The predicted molar refractivity (Wildman–Crippen MR) is 160 cm³/mol. The smallest absolute Gasteiger partial charge is 0.338 e. The van der Waals surface area contributed by atoms with Crippen LogP contribution in [0.25, 0.3) is 0 Å². The van der Waals surface area contributed by atoms with E-state index in [0.717, 1.165) is 11.1 Å². The maximum Gasteiger partial charge on any atom is 0.338 e.